The van der Waals surface area contributed by atoms with Crippen LogP contribution in [-0.4, -0.2) is 17.3 Å². The van der Waals surface area contributed by atoms with Crippen LogP contribution in [0.4, 0.5) is 39.5 Å². The van der Waals surface area contributed by atoms with Crippen molar-refractivity contribution in [2.75, 3.05) is 0 Å². The molecule has 0 fully saturated rings. The van der Waals surface area contributed by atoms with Crippen LogP contribution in [0.1, 0.15) is 45.0 Å². The summed E-state index contributed by atoms with van der Waals surface area (Å²) in [5.41, 5.74) is -5.78. The van der Waals surface area contributed by atoms with Crippen molar-refractivity contribution in [3.05, 3.63) is 74.3 Å². The number of carbonyl (C=O) groups is 1. The van der Waals surface area contributed by atoms with Crippen LogP contribution < -0.4 is 0 Å². The summed E-state index contributed by atoms with van der Waals surface area (Å²) in [6, 6.07) is 1.97. The summed E-state index contributed by atoms with van der Waals surface area (Å²) < 4.78 is 120. The molecule has 0 aliphatic rings. The largest absolute Gasteiger partial charge is 0.478 e. The molecule has 0 saturated carbocycles. The first-order valence-corrected chi connectivity index (χ1v) is 8.95. The molecule has 0 heterocycles. The van der Waals surface area contributed by atoms with Gasteiger partial charge in [0.2, 0.25) is 0 Å². The van der Waals surface area contributed by atoms with Crippen molar-refractivity contribution in [2.45, 2.75) is 24.7 Å². The Hall–Kier alpha value is -2.40. The topological polar surface area (TPSA) is 37.3 Å². The second-order valence-electron chi connectivity index (χ2n) is 6.30. The molecule has 2 aromatic rings. The van der Waals surface area contributed by atoms with Gasteiger partial charge in [0.1, 0.15) is 11.7 Å². The second-order valence-corrected chi connectivity index (χ2v) is 7.11. The standard InChI is InChI=1S/C19H9Cl2F9O2/c20-12-4-8(5-13(21)15(12)16(23)24)10(18(25,26)27)6-14(22)7-1-2-9(17(31)32)11(3-7)19(28,29)30/h1-6,10,16H,(H,31,32). The molecule has 0 spiro atoms. The van der Waals surface area contributed by atoms with E-state index in [0.717, 1.165) is 0 Å². The van der Waals surface area contributed by atoms with Crippen LogP contribution in [0, 0.1) is 0 Å². The Bertz CT molecular complexity index is 1040. The Morgan fingerprint density at radius 3 is 1.91 bits per heavy atom. The first-order chi connectivity index (χ1) is 14.5. The van der Waals surface area contributed by atoms with Crippen LogP contribution in [0.3, 0.4) is 0 Å². The number of hydrogen-bond donors (Lipinski definition) is 1. The van der Waals surface area contributed by atoms with Crippen LogP contribution in [-0.2, 0) is 6.18 Å². The van der Waals surface area contributed by atoms with Crippen molar-refractivity contribution in [1.82, 2.24) is 0 Å². The van der Waals surface area contributed by atoms with E-state index in [9.17, 15) is 44.3 Å². The molecule has 2 rings (SSSR count). The normalized spacial score (nSPS) is 14.1. The molecule has 0 amide bonds. The zero-order chi connectivity index (χ0) is 24.6. The minimum Gasteiger partial charge on any atom is -0.478 e. The maximum absolute atomic E-state index is 14.6. The van der Waals surface area contributed by atoms with E-state index in [0.29, 0.717) is 24.3 Å². The molecule has 0 aliphatic heterocycles. The summed E-state index contributed by atoms with van der Waals surface area (Å²) >= 11 is 11.1. The summed E-state index contributed by atoms with van der Waals surface area (Å²) in [6.45, 7) is 0. The van der Waals surface area contributed by atoms with Gasteiger partial charge in [-0.05, 0) is 35.9 Å². The van der Waals surface area contributed by atoms with Crippen molar-refractivity contribution in [3.63, 3.8) is 0 Å². The SMILES string of the molecule is O=C(O)c1ccc(C(F)=CC(c2cc(Cl)c(C(F)F)c(Cl)c2)C(F)(F)F)cc1C(F)(F)F. The van der Waals surface area contributed by atoms with E-state index in [4.69, 9.17) is 28.3 Å². The molecule has 13 heteroatoms. The summed E-state index contributed by atoms with van der Waals surface area (Å²) in [7, 11) is 0. The maximum atomic E-state index is 14.6. The Morgan fingerprint density at radius 1 is 0.969 bits per heavy atom. The number of halogens is 11. The molecular weight excluding hydrogens is 502 g/mol. The van der Waals surface area contributed by atoms with Crippen LogP contribution in [0.15, 0.2) is 36.4 Å². The molecule has 0 radical (unpaired) electrons. The van der Waals surface area contributed by atoms with Crippen molar-refractivity contribution in [2.24, 2.45) is 0 Å². The summed E-state index contributed by atoms with van der Waals surface area (Å²) in [5.74, 6) is -6.58. The molecule has 0 aliphatic carbocycles. The van der Waals surface area contributed by atoms with Crippen molar-refractivity contribution in [3.8, 4) is 0 Å². The van der Waals surface area contributed by atoms with Gasteiger partial charge in [0.05, 0.1) is 26.7 Å². The lowest BCUT2D eigenvalue weighted by Crippen LogP contribution is -2.19. The van der Waals surface area contributed by atoms with Gasteiger partial charge in [-0.15, -0.1) is 0 Å². The van der Waals surface area contributed by atoms with Gasteiger partial charge >= 0.3 is 18.3 Å². The number of allylic oxidation sites excluding steroid dienone is 1. The van der Waals surface area contributed by atoms with Crippen molar-refractivity contribution >= 4 is 35.0 Å². The van der Waals surface area contributed by atoms with Gasteiger partial charge in [0, 0.05) is 5.56 Å². The second kappa shape index (κ2) is 9.22. The molecule has 174 valence electrons. The molecule has 1 unspecified atom stereocenters. The number of benzene rings is 2. The molecule has 2 nitrogen and oxygen atoms in total. The number of aromatic carboxylic acids is 1. The average Bonchev–Trinajstić information content (AvgIpc) is 2.62. The highest BCUT2D eigenvalue weighted by Crippen LogP contribution is 2.43. The van der Waals surface area contributed by atoms with E-state index in [1.54, 1.807) is 0 Å². The van der Waals surface area contributed by atoms with Gasteiger partial charge in [0.15, 0.2) is 0 Å². The van der Waals surface area contributed by atoms with E-state index in [-0.39, 0.29) is 12.1 Å². The summed E-state index contributed by atoms with van der Waals surface area (Å²) in [5, 5.41) is 7.19. The fourth-order valence-electron chi connectivity index (χ4n) is 2.73. The van der Waals surface area contributed by atoms with E-state index in [1.165, 1.54) is 0 Å². The fraction of sp³-hybridized carbons (Fsp3) is 0.211. The summed E-state index contributed by atoms with van der Waals surface area (Å²) in [6.07, 6.45) is -13.8. The Morgan fingerprint density at radius 2 is 1.50 bits per heavy atom. The monoisotopic (exact) mass is 510 g/mol. The molecular formula is C19H9Cl2F9O2. The van der Waals surface area contributed by atoms with Crippen molar-refractivity contribution < 1.29 is 49.4 Å². The van der Waals surface area contributed by atoms with E-state index < -0.39 is 74.4 Å². The van der Waals surface area contributed by atoms with Crippen LogP contribution >= 0.6 is 23.2 Å². The smallest absolute Gasteiger partial charge is 0.417 e. The predicted octanol–water partition coefficient (Wildman–Crippen LogP) is 8.30. The molecule has 0 bridgehead atoms. The Kier molecular flexibility index (Phi) is 7.45. The average molecular weight is 511 g/mol. The molecule has 32 heavy (non-hydrogen) atoms. The third-order valence-electron chi connectivity index (χ3n) is 4.18. The minimum absolute atomic E-state index is 0.0442. The van der Waals surface area contributed by atoms with Crippen molar-refractivity contribution in [1.29, 1.82) is 0 Å². The molecule has 1 N–H and O–H groups in total. The quantitative estimate of drug-likeness (QED) is 0.410. The van der Waals surface area contributed by atoms with Gasteiger partial charge in [-0.3, -0.25) is 0 Å². The van der Waals surface area contributed by atoms with E-state index in [2.05, 4.69) is 0 Å². The number of carboxylic acids is 1. The Balaban J connectivity index is 2.63. The molecule has 2 aromatic carbocycles. The molecule has 0 aromatic heterocycles. The van der Waals surface area contributed by atoms with Gasteiger partial charge in [-0.2, -0.15) is 26.3 Å². The lowest BCUT2D eigenvalue weighted by Gasteiger charge is -2.20. The van der Waals surface area contributed by atoms with Crippen LogP contribution in [0.2, 0.25) is 10.0 Å². The summed E-state index contributed by atoms with van der Waals surface area (Å²) in [4.78, 5) is 10.9. The first kappa shape index (κ1) is 25.9. The highest BCUT2D eigenvalue weighted by molar-refractivity contribution is 6.36. The number of alkyl halides is 8. The van der Waals surface area contributed by atoms with E-state index in [1.807, 2.05) is 0 Å². The minimum atomic E-state index is -5.24. The van der Waals surface area contributed by atoms with Crippen LogP contribution in [0.5, 0.6) is 0 Å². The van der Waals surface area contributed by atoms with Crippen LogP contribution in [0.25, 0.3) is 5.83 Å². The van der Waals surface area contributed by atoms with Gasteiger partial charge in [-0.25, -0.2) is 18.0 Å². The highest BCUT2D eigenvalue weighted by atomic mass is 35.5. The predicted molar refractivity (Wildman–Crippen MR) is 97.7 cm³/mol. The Labute approximate surface area is 183 Å². The third-order valence-corrected chi connectivity index (χ3v) is 4.80. The van der Waals surface area contributed by atoms with Gasteiger partial charge in [0.25, 0.3) is 6.43 Å². The zero-order valence-electron chi connectivity index (χ0n) is 15.1. The maximum Gasteiger partial charge on any atom is 0.417 e. The molecule has 1 atom stereocenters. The number of carboxylic acid groups (broad SMARTS) is 1. The third kappa shape index (κ3) is 5.69. The number of rotatable bonds is 5. The fourth-order valence-corrected chi connectivity index (χ4v) is 3.40. The molecule has 0 saturated heterocycles. The number of hydrogen-bond acceptors (Lipinski definition) is 1. The lowest BCUT2D eigenvalue weighted by atomic mass is 9.94. The highest BCUT2D eigenvalue weighted by Gasteiger charge is 2.41. The zero-order valence-corrected chi connectivity index (χ0v) is 16.6. The van der Waals surface area contributed by atoms with Gasteiger partial charge in [-0.1, -0.05) is 29.3 Å². The van der Waals surface area contributed by atoms with E-state index >= 15 is 0 Å². The first-order valence-electron chi connectivity index (χ1n) is 8.20. The van der Waals surface area contributed by atoms with Gasteiger partial charge < -0.3 is 5.11 Å². The lowest BCUT2D eigenvalue weighted by molar-refractivity contribution is -0.140.